The third-order valence-electron chi connectivity index (χ3n) is 2.02. The molecule has 0 fully saturated rings. The van der Waals surface area contributed by atoms with Crippen molar-refractivity contribution >= 4 is 15.9 Å². The number of rotatable bonds is 4. The molecule has 0 atom stereocenters. The highest BCUT2D eigenvalue weighted by Crippen LogP contribution is 2.33. The summed E-state index contributed by atoms with van der Waals surface area (Å²) >= 11 is 2.86. The highest BCUT2D eigenvalue weighted by Gasteiger charge is 2.33. The number of aliphatic hydroxyl groups excluding tert-OH is 1. The summed E-state index contributed by atoms with van der Waals surface area (Å²) in [5, 5.41) is 8.82. The van der Waals surface area contributed by atoms with Gasteiger partial charge in [-0.3, -0.25) is 4.98 Å². The van der Waals surface area contributed by atoms with Crippen molar-refractivity contribution < 1.29 is 31.8 Å². The van der Waals surface area contributed by atoms with Crippen molar-refractivity contribution in [3.63, 3.8) is 0 Å². The lowest BCUT2D eigenvalue weighted by molar-refractivity contribution is -0.275. The van der Waals surface area contributed by atoms with Crippen LogP contribution in [0.3, 0.4) is 0 Å². The molecule has 0 radical (unpaired) electrons. The molecule has 1 heterocycles. The molecule has 0 aliphatic rings. The largest absolute Gasteiger partial charge is 0.573 e. The zero-order valence-electron chi connectivity index (χ0n) is 8.64. The lowest BCUT2D eigenvalue weighted by atomic mass is 10.1. The van der Waals surface area contributed by atoms with Gasteiger partial charge in [0.15, 0.2) is 5.75 Å². The van der Waals surface area contributed by atoms with Crippen molar-refractivity contribution in [1.82, 2.24) is 4.98 Å². The Balaban J connectivity index is 3.30. The fourth-order valence-corrected chi connectivity index (χ4v) is 1.94. The van der Waals surface area contributed by atoms with E-state index in [1.54, 1.807) is 0 Å². The second-order valence-corrected chi connectivity index (χ2v) is 3.67. The lowest BCUT2D eigenvalue weighted by Gasteiger charge is -2.16. The minimum atomic E-state index is -4.98. The van der Waals surface area contributed by atoms with Crippen LogP contribution in [0.2, 0.25) is 0 Å². The topological polar surface area (TPSA) is 42.4 Å². The van der Waals surface area contributed by atoms with Crippen molar-refractivity contribution in [2.75, 3.05) is 0 Å². The Kier molecular flexibility index (Phi) is 4.85. The average molecular weight is 336 g/mol. The maximum Gasteiger partial charge on any atom is 0.573 e. The second kappa shape index (κ2) is 5.79. The number of ether oxygens (including phenoxy) is 1. The molecular formula is C9H7BrF5NO2. The minimum Gasteiger partial charge on any atom is -0.404 e. The van der Waals surface area contributed by atoms with Crippen LogP contribution >= 0.6 is 15.9 Å². The van der Waals surface area contributed by atoms with Crippen LogP contribution in [0.15, 0.2) is 6.20 Å². The summed E-state index contributed by atoms with van der Waals surface area (Å²) < 4.78 is 64.9. The molecule has 0 aliphatic heterocycles. The van der Waals surface area contributed by atoms with Crippen molar-refractivity contribution in [3.05, 3.63) is 23.0 Å². The van der Waals surface area contributed by atoms with Crippen LogP contribution in [0.25, 0.3) is 0 Å². The average Bonchev–Trinajstić information content (AvgIpc) is 2.25. The van der Waals surface area contributed by atoms with Gasteiger partial charge < -0.3 is 9.84 Å². The highest BCUT2D eigenvalue weighted by atomic mass is 79.9. The van der Waals surface area contributed by atoms with E-state index in [-0.39, 0.29) is 16.5 Å². The van der Waals surface area contributed by atoms with E-state index in [0.717, 1.165) is 0 Å². The van der Waals surface area contributed by atoms with Gasteiger partial charge in [0.1, 0.15) is 5.69 Å². The smallest absolute Gasteiger partial charge is 0.404 e. The van der Waals surface area contributed by atoms with E-state index < -0.39 is 30.8 Å². The van der Waals surface area contributed by atoms with Crippen LogP contribution in [0.1, 0.15) is 23.2 Å². The molecule has 18 heavy (non-hydrogen) atoms. The molecule has 0 unspecified atom stereocenters. The standard InChI is InChI=1S/C9H7BrF5NO2/c10-1-4-5(3-17)6(18-9(13,14)15)2-16-7(4)8(11)12/h2,8,17H,1,3H2. The van der Waals surface area contributed by atoms with E-state index in [1.165, 1.54) is 0 Å². The Labute approximate surface area is 107 Å². The van der Waals surface area contributed by atoms with Gasteiger partial charge in [0, 0.05) is 10.9 Å². The fraction of sp³-hybridized carbons (Fsp3) is 0.444. The molecule has 0 saturated heterocycles. The van der Waals surface area contributed by atoms with Crippen LogP contribution in [0, 0.1) is 0 Å². The van der Waals surface area contributed by atoms with E-state index in [1.807, 2.05) is 0 Å². The van der Waals surface area contributed by atoms with Crippen LogP contribution in [-0.4, -0.2) is 16.5 Å². The van der Waals surface area contributed by atoms with E-state index in [4.69, 9.17) is 5.11 Å². The number of aromatic nitrogens is 1. The summed E-state index contributed by atoms with van der Waals surface area (Å²) in [5.74, 6) is -0.788. The second-order valence-electron chi connectivity index (χ2n) is 3.11. The zero-order chi connectivity index (χ0) is 13.9. The normalized spacial score (nSPS) is 12.0. The molecule has 3 nitrogen and oxygen atoms in total. The van der Waals surface area contributed by atoms with Gasteiger partial charge in [-0.05, 0) is 5.56 Å². The Morgan fingerprint density at radius 2 is 1.94 bits per heavy atom. The van der Waals surface area contributed by atoms with Gasteiger partial charge in [-0.15, -0.1) is 13.2 Å². The van der Waals surface area contributed by atoms with Gasteiger partial charge in [0.25, 0.3) is 6.43 Å². The third kappa shape index (κ3) is 3.52. The van der Waals surface area contributed by atoms with Crippen molar-refractivity contribution in [2.45, 2.75) is 24.7 Å². The van der Waals surface area contributed by atoms with Crippen molar-refractivity contribution in [3.8, 4) is 5.75 Å². The summed E-state index contributed by atoms with van der Waals surface area (Å²) in [7, 11) is 0. The number of alkyl halides is 6. The minimum absolute atomic E-state index is 0.176. The summed E-state index contributed by atoms with van der Waals surface area (Å²) in [6.07, 6.45) is -7.42. The molecule has 1 aromatic heterocycles. The van der Waals surface area contributed by atoms with Crippen LogP contribution in [-0.2, 0) is 11.9 Å². The molecule has 0 aromatic carbocycles. The number of pyridine rings is 1. The quantitative estimate of drug-likeness (QED) is 0.678. The van der Waals surface area contributed by atoms with Gasteiger partial charge in [0.2, 0.25) is 0 Å². The Bertz CT molecular complexity index is 424. The number of halogens is 6. The van der Waals surface area contributed by atoms with Gasteiger partial charge in [0.05, 0.1) is 12.8 Å². The van der Waals surface area contributed by atoms with Crippen LogP contribution in [0.4, 0.5) is 22.0 Å². The van der Waals surface area contributed by atoms with Gasteiger partial charge in [-0.2, -0.15) is 0 Å². The maximum absolute atomic E-state index is 12.6. The Hall–Kier alpha value is -0.960. The van der Waals surface area contributed by atoms with Gasteiger partial charge in [-0.25, -0.2) is 8.78 Å². The van der Waals surface area contributed by atoms with Gasteiger partial charge >= 0.3 is 6.36 Å². The molecule has 0 amide bonds. The SMILES string of the molecule is OCc1c(OC(F)(F)F)cnc(C(F)F)c1CBr. The monoisotopic (exact) mass is 335 g/mol. The Morgan fingerprint density at radius 3 is 2.33 bits per heavy atom. The zero-order valence-corrected chi connectivity index (χ0v) is 10.2. The molecule has 0 aliphatic carbocycles. The lowest BCUT2D eigenvalue weighted by Crippen LogP contribution is -2.19. The molecular weight excluding hydrogens is 329 g/mol. The molecule has 1 N–H and O–H groups in total. The van der Waals surface area contributed by atoms with Gasteiger partial charge in [-0.1, -0.05) is 15.9 Å². The maximum atomic E-state index is 12.6. The van der Waals surface area contributed by atoms with Crippen molar-refractivity contribution in [2.24, 2.45) is 0 Å². The third-order valence-corrected chi connectivity index (χ3v) is 2.58. The first-order chi connectivity index (χ1) is 8.30. The molecule has 1 aromatic rings. The number of nitrogens with zero attached hydrogens (tertiary/aromatic N) is 1. The Morgan fingerprint density at radius 1 is 1.33 bits per heavy atom. The number of aliphatic hydroxyl groups is 1. The molecule has 0 spiro atoms. The van der Waals surface area contributed by atoms with Crippen LogP contribution in [0.5, 0.6) is 5.75 Å². The molecule has 102 valence electrons. The summed E-state index contributed by atoms with van der Waals surface area (Å²) in [6, 6.07) is 0. The molecule has 9 heteroatoms. The molecule has 1 rings (SSSR count). The van der Waals surface area contributed by atoms with E-state index in [2.05, 4.69) is 25.7 Å². The molecule has 0 bridgehead atoms. The van der Waals surface area contributed by atoms with Crippen molar-refractivity contribution in [1.29, 1.82) is 0 Å². The molecule has 0 saturated carbocycles. The fourth-order valence-electron chi connectivity index (χ4n) is 1.31. The number of hydrogen-bond donors (Lipinski definition) is 1. The van der Waals surface area contributed by atoms with E-state index in [9.17, 15) is 22.0 Å². The predicted octanol–water partition coefficient (Wildman–Crippen LogP) is 3.31. The first-order valence-electron chi connectivity index (χ1n) is 4.51. The van der Waals surface area contributed by atoms with Crippen LogP contribution < -0.4 is 4.74 Å². The first kappa shape index (κ1) is 15.1. The summed E-state index contributed by atoms with van der Waals surface area (Å²) in [5.41, 5.74) is -1.27. The van der Waals surface area contributed by atoms with E-state index in [0.29, 0.717) is 6.20 Å². The summed E-state index contributed by atoms with van der Waals surface area (Å²) in [6.45, 7) is -0.866. The summed E-state index contributed by atoms with van der Waals surface area (Å²) in [4.78, 5) is 3.23. The highest BCUT2D eigenvalue weighted by molar-refractivity contribution is 9.08. The van der Waals surface area contributed by atoms with E-state index >= 15 is 0 Å². The first-order valence-corrected chi connectivity index (χ1v) is 5.63. The predicted molar refractivity (Wildman–Crippen MR) is 54.4 cm³/mol. The number of hydrogen-bond acceptors (Lipinski definition) is 3.